The number of anilines is 2. The van der Waals surface area contributed by atoms with E-state index in [1.54, 1.807) is 13.8 Å². The molecule has 0 radical (unpaired) electrons. The van der Waals surface area contributed by atoms with E-state index in [0.717, 1.165) is 67.2 Å². The highest BCUT2D eigenvalue weighted by atomic mass is 16.5. The van der Waals surface area contributed by atoms with E-state index in [1.165, 1.54) is 0 Å². The number of hydrogen-bond donors (Lipinski definition) is 2. The van der Waals surface area contributed by atoms with Gasteiger partial charge in [-0.05, 0) is 74.1 Å². The van der Waals surface area contributed by atoms with E-state index in [1.807, 2.05) is 29.2 Å². The molecule has 7 heteroatoms. The Morgan fingerprint density at radius 1 is 1.21 bits per heavy atom. The second-order valence-corrected chi connectivity index (χ2v) is 9.73. The molecule has 2 saturated heterocycles. The molecular weight excluding hydrogens is 416 g/mol. The fourth-order valence-electron chi connectivity index (χ4n) is 4.50. The van der Waals surface area contributed by atoms with Crippen molar-refractivity contribution in [3.05, 3.63) is 41.6 Å². The number of urea groups is 1. The van der Waals surface area contributed by atoms with Gasteiger partial charge in [-0.25, -0.2) is 9.78 Å². The highest BCUT2D eigenvalue weighted by molar-refractivity contribution is 5.90. The fourth-order valence-corrected chi connectivity index (χ4v) is 4.50. The maximum atomic E-state index is 12.8. The number of benzene rings is 1. The predicted octanol–water partition coefficient (Wildman–Crippen LogP) is 4.38. The number of carbonyl (C=O) groups is 1. The Morgan fingerprint density at radius 2 is 1.97 bits per heavy atom. The molecule has 0 spiro atoms. The van der Waals surface area contributed by atoms with Crippen LogP contribution in [0.4, 0.5) is 16.3 Å². The molecule has 0 aliphatic carbocycles. The number of aryl methyl sites for hydroxylation is 1. The highest BCUT2D eigenvalue weighted by Gasteiger charge is 2.26. The number of carbonyl (C=O) groups excluding carboxylic acids is 1. The lowest BCUT2D eigenvalue weighted by Crippen LogP contribution is -2.37. The number of nitrogens with zero attached hydrogens (tertiary/aromatic N) is 3. The molecule has 0 bridgehead atoms. The average Bonchev–Trinajstić information content (AvgIpc) is 3.30. The van der Waals surface area contributed by atoms with E-state index in [-0.39, 0.29) is 6.03 Å². The van der Waals surface area contributed by atoms with E-state index in [0.29, 0.717) is 24.8 Å². The van der Waals surface area contributed by atoms with Gasteiger partial charge in [0.1, 0.15) is 11.4 Å². The van der Waals surface area contributed by atoms with Gasteiger partial charge < -0.3 is 25.0 Å². The van der Waals surface area contributed by atoms with Crippen molar-refractivity contribution in [2.45, 2.75) is 46.1 Å². The van der Waals surface area contributed by atoms with Crippen molar-refractivity contribution >= 4 is 17.5 Å². The van der Waals surface area contributed by atoms with Crippen molar-refractivity contribution in [3.63, 3.8) is 0 Å². The lowest BCUT2D eigenvalue weighted by atomic mass is 9.96. The third-order valence-electron chi connectivity index (χ3n) is 6.72. The van der Waals surface area contributed by atoms with Crippen LogP contribution in [0.25, 0.3) is 11.1 Å². The number of nitrogens with one attached hydrogen (secondary N) is 1. The maximum Gasteiger partial charge on any atom is 0.321 e. The molecule has 2 amide bonds. The monoisotopic (exact) mass is 452 g/mol. The Labute approximate surface area is 196 Å². The van der Waals surface area contributed by atoms with Gasteiger partial charge in [-0.3, -0.25) is 0 Å². The number of pyridine rings is 1. The van der Waals surface area contributed by atoms with Crippen LogP contribution in [0, 0.1) is 12.8 Å². The lowest BCUT2D eigenvalue weighted by molar-refractivity contribution is 0.0738. The number of rotatable bonds is 5. The third kappa shape index (κ3) is 5.47. The summed E-state index contributed by atoms with van der Waals surface area (Å²) >= 11 is 0. The minimum atomic E-state index is -1.07. The van der Waals surface area contributed by atoms with Crippen LogP contribution in [0.5, 0.6) is 0 Å². The van der Waals surface area contributed by atoms with Crippen LogP contribution in [-0.2, 0) is 10.3 Å². The van der Waals surface area contributed by atoms with Gasteiger partial charge in [-0.1, -0.05) is 19.4 Å². The molecule has 2 aromatic rings. The number of amides is 2. The minimum Gasteiger partial charge on any atom is -0.384 e. The van der Waals surface area contributed by atoms with Gasteiger partial charge in [0.2, 0.25) is 0 Å². The van der Waals surface area contributed by atoms with Crippen LogP contribution >= 0.6 is 0 Å². The molecule has 4 rings (SSSR count). The molecule has 1 aromatic heterocycles. The third-order valence-corrected chi connectivity index (χ3v) is 6.72. The summed E-state index contributed by atoms with van der Waals surface area (Å²) in [6, 6.07) is 9.98. The molecule has 2 fully saturated rings. The van der Waals surface area contributed by atoms with E-state index in [2.05, 4.69) is 30.1 Å². The van der Waals surface area contributed by atoms with Crippen molar-refractivity contribution in [3.8, 4) is 11.1 Å². The summed E-state index contributed by atoms with van der Waals surface area (Å²) in [6.07, 6.45) is 2.18. The Bertz CT molecular complexity index is 996. The van der Waals surface area contributed by atoms with Gasteiger partial charge in [0.05, 0.1) is 18.9 Å². The van der Waals surface area contributed by atoms with Crippen molar-refractivity contribution < 1.29 is 14.6 Å². The molecule has 2 N–H and O–H groups in total. The Morgan fingerprint density at radius 3 is 2.64 bits per heavy atom. The summed E-state index contributed by atoms with van der Waals surface area (Å²) in [5.74, 6) is 1.43. The number of hydrogen-bond acceptors (Lipinski definition) is 5. The predicted molar refractivity (Wildman–Crippen MR) is 132 cm³/mol. The molecule has 1 aromatic carbocycles. The number of ether oxygens (including phenoxy) is 1. The molecule has 1 atom stereocenters. The van der Waals surface area contributed by atoms with Crippen molar-refractivity contribution in [1.29, 1.82) is 0 Å². The summed E-state index contributed by atoms with van der Waals surface area (Å²) in [5, 5.41) is 13.8. The highest BCUT2D eigenvalue weighted by Crippen LogP contribution is 2.33. The maximum absolute atomic E-state index is 12.8. The first-order valence-corrected chi connectivity index (χ1v) is 12.0. The lowest BCUT2D eigenvalue weighted by Gasteiger charge is -2.30. The largest absolute Gasteiger partial charge is 0.384 e. The standard InChI is InChI=1S/C26H36N4O3/c1-5-19-8-9-30(17-19)25(31)27-21-7-6-18(2)22(16-21)20-14-23(26(3,4)32)28-24(15-20)29-10-12-33-13-11-29/h6-7,14-16,19,32H,5,8-13,17H2,1-4H3,(H,27,31)/t19-/m1/s1. The first kappa shape index (κ1) is 23.5. The smallest absolute Gasteiger partial charge is 0.321 e. The van der Waals surface area contributed by atoms with Crippen LogP contribution < -0.4 is 10.2 Å². The number of morpholine rings is 1. The zero-order valence-electron chi connectivity index (χ0n) is 20.2. The molecule has 3 heterocycles. The van der Waals surface area contributed by atoms with E-state index >= 15 is 0 Å². The number of likely N-dealkylation sites (tertiary alicyclic amines) is 1. The minimum absolute atomic E-state index is 0.0401. The van der Waals surface area contributed by atoms with Gasteiger partial charge in [-0.2, -0.15) is 0 Å². The van der Waals surface area contributed by atoms with Crippen molar-refractivity contribution in [2.75, 3.05) is 49.6 Å². The van der Waals surface area contributed by atoms with Crippen LogP contribution in [0.15, 0.2) is 30.3 Å². The van der Waals surface area contributed by atoms with Crippen LogP contribution in [0.1, 0.15) is 44.9 Å². The first-order chi connectivity index (χ1) is 15.7. The van der Waals surface area contributed by atoms with E-state index in [9.17, 15) is 9.90 Å². The Kier molecular flexibility index (Phi) is 6.91. The average molecular weight is 453 g/mol. The Balaban J connectivity index is 1.64. The normalized spacial score (nSPS) is 19.1. The number of aliphatic hydroxyl groups is 1. The number of aromatic nitrogens is 1. The van der Waals surface area contributed by atoms with Crippen LogP contribution in [0.2, 0.25) is 0 Å². The SMILES string of the molecule is CC[C@@H]1CCN(C(=O)Nc2ccc(C)c(-c3cc(N4CCOCC4)nc(C(C)(C)O)c3)c2)C1. The molecular formula is C26H36N4O3. The van der Waals surface area contributed by atoms with Gasteiger partial charge in [0, 0.05) is 31.9 Å². The van der Waals surface area contributed by atoms with Crippen LogP contribution in [0.3, 0.4) is 0 Å². The topological polar surface area (TPSA) is 77.9 Å². The van der Waals surface area contributed by atoms with E-state index in [4.69, 9.17) is 9.72 Å². The molecule has 2 aliphatic heterocycles. The summed E-state index contributed by atoms with van der Waals surface area (Å²) < 4.78 is 5.50. The zero-order valence-corrected chi connectivity index (χ0v) is 20.2. The van der Waals surface area contributed by atoms with Gasteiger partial charge in [-0.15, -0.1) is 0 Å². The zero-order chi connectivity index (χ0) is 23.6. The summed E-state index contributed by atoms with van der Waals surface area (Å²) in [7, 11) is 0. The quantitative estimate of drug-likeness (QED) is 0.704. The second kappa shape index (κ2) is 9.69. The molecule has 0 unspecified atom stereocenters. The van der Waals surface area contributed by atoms with Gasteiger partial charge in [0.25, 0.3) is 0 Å². The van der Waals surface area contributed by atoms with Crippen molar-refractivity contribution in [1.82, 2.24) is 9.88 Å². The second-order valence-electron chi connectivity index (χ2n) is 9.73. The van der Waals surface area contributed by atoms with Crippen LogP contribution in [-0.4, -0.2) is 60.4 Å². The molecule has 2 aliphatic rings. The van der Waals surface area contributed by atoms with Gasteiger partial charge in [0.15, 0.2) is 0 Å². The van der Waals surface area contributed by atoms with Crippen molar-refractivity contribution in [2.24, 2.45) is 5.92 Å². The fraction of sp³-hybridized carbons (Fsp3) is 0.538. The Hall–Kier alpha value is -2.64. The summed E-state index contributed by atoms with van der Waals surface area (Å²) in [4.78, 5) is 21.7. The molecule has 178 valence electrons. The summed E-state index contributed by atoms with van der Waals surface area (Å²) in [6.45, 7) is 12.3. The summed E-state index contributed by atoms with van der Waals surface area (Å²) in [5.41, 5.74) is 3.42. The molecule has 0 saturated carbocycles. The van der Waals surface area contributed by atoms with E-state index < -0.39 is 5.60 Å². The molecule has 7 nitrogen and oxygen atoms in total. The first-order valence-electron chi connectivity index (χ1n) is 12.0. The molecule has 33 heavy (non-hydrogen) atoms. The van der Waals surface area contributed by atoms with Gasteiger partial charge >= 0.3 is 6.03 Å².